The van der Waals surface area contributed by atoms with Gasteiger partial charge in [-0.05, 0) is 59.3 Å². The zero-order valence-electron chi connectivity index (χ0n) is 14.0. The van der Waals surface area contributed by atoms with Crippen LogP contribution in [0.1, 0.15) is 25.3 Å². The van der Waals surface area contributed by atoms with E-state index in [9.17, 15) is 14.4 Å². The molecule has 25 heavy (non-hydrogen) atoms. The van der Waals surface area contributed by atoms with Crippen molar-refractivity contribution in [3.63, 3.8) is 0 Å². The molecule has 0 spiro atoms. The number of rotatable bonds is 6. The van der Waals surface area contributed by atoms with Gasteiger partial charge in [-0.2, -0.15) is 0 Å². The van der Waals surface area contributed by atoms with E-state index in [1.54, 1.807) is 32.2 Å². The Morgan fingerprint density at radius 2 is 2.12 bits per heavy atom. The highest BCUT2D eigenvalue weighted by atomic mass is 79.9. The summed E-state index contributed by atoms with van der Waals surface area (Å²) in [5, 5.41) is 2.70. The van der Waals surface area contributed by atoms with Crippen molar-refractivity contribution in [3.05, 3.63) is 28.2 Å². The Bertz CT molecular complexity index is 734. The predicted molar refractivity (Wildman–Crippen MR) is 91.9 cm³/mol. The molecule has 1 aliphatic carbocycles. The minimum Gasteiger partial charge on any atom is -0.496 e. The third-order valence-electron chi connectivity index (χ3n) is 4.60. The molecule has 134 valence electrons. The summed E-state index contributed by atoms with van der Waals surface area (Å²) < 4.78 is 11.1. The van der Waals surface area contributed by atoms with E-state index in [2.05, 4.69) is 21.2 Å². The van der Waals surface area contributed by atoms with Crippen LogP contribution in [0.3, 0.4) is 0 Å². The molecular weight excluding hydrogens is 392 g/mol. The molecule has 1 heterocycles. The summed E-state index contributed by atoms with van der Waals surface area (Å²) in [4.78, 5) is 37.5. The third-order valence-corrected chi connectivity index (χ3v) is 5.22. The van der Waals surface area contributed by atoms with E-state index in [0.29, 0.717) is 5.75 Å². The number of nitrogens with one attached hydrogen (secondary N) is 1. The highest BCUT2D eigenvalue weighted by molar-refractivity contribution is 9.10. The largest absolute Gasteiger partial charge is 0.496 e. The monoisotopic (exact) mass is 410 g/mol. The molecule has 1 saturated heterocycles. The lowest BCUT2D eigenvalue weighted by molar-refractivity contribution is -0.148. The van der Waals surface area contributed by atoms with Crippen LogP contribution in [0.15, 0.2) is 22.7 Å². The van der Waals surface area contributed by atoms with Gasteiger partial charge >= 0.3 is 12.0 Å². The lowest BCUT2D eigenvalue weighted by Gasteiger charge is -2.20. The van der Waals surface area contributed by atoms with Gasteiger partial charge in [0, 0.05) is 0 Å². The Morgan fingerprint density at radius 1 is 1.40 bits per heavy atom. The molecule has 0 unspecified atom stereocenters. The summed E-state index contributed by atoms with van der Waals surface area (Å²) in [7, 11) is 1.56. The number of nitrogens with zero attached hydrogens (tertiary/aromatic N) is 1. The minimum atomic E-state index is -0.891. The number of hydrogen-bond donors (Lipinski definition) is 1. The molecule has 2 fully saturated rings. The molecule has 0 aromatic heterocycles. The molecule has 1 aromatic carbocycles. The van der Waals surface area contributed by atoms with Gasteiger partial charge in [0.2, 0.25) is 0 Å². The van der Waals surface area contributed by atoms with Crippen molar-refractivity contribution < 1.29 is 23.9 Å². The Hall–Kier alpha value is -2.09. The van der Waals surface area contributed by atoms with Crippen LogP contribution in [0.2, 0.25) is 0 Å². The first-order chi connectivity index (χ1) is 11.8. The number of carbonyl (C=O) groups is 3. The van der Waals surface area contributed by atoms with E-state index in [0.717, 1.165) is 27.8 Å². The van der Waals surface area contributed by atoms with Crippen molar-refractivity contribution in [1.82, 2.24) is 10.2 Å². The summed E-state index contributed by atoms with van der Waals surface area (Å²) in [5.74, 6) is -0.157. The van der Waals surface area contributed by atoms with Crippen LogP contribution in [0.5, 0.6) is 5.75 Å². The van der Waals surface area contributed by atoms with Gasteiger partial charge in [0.05, 0.1) is 11.6 Å². The molecule has 2 aliphatic rings. The lowest BCUT2D eigenvalue weighted by atomic mass is 9.96. The van der Waals surface area contributed by atoms with E-state index in [-0.39, 0.29) is 25.0 Å². The molecule has 1 atom stereocenters. The van der Waals surface area contributed by atoms with Gasteiger partial charge in [-0.25, -0.2) is 4.79 Å². The van der Waals surface area contributed by atoms with E-state index in [1.807, 2.05) is 0 Å². The molecule has 8 heteroatoms. The summed E-state index contributed by atoms with van der Waals surface area (Å²) in [6, 6.07) is 4.77. The van der Waals surface area contributed by atoms with Crippen LogP contribution < -0.4 is 10.1 Å². The van der Waals surface area contributed by atoms with Gasteiger partial charge in [-0.15, -0.1) is 0 Å². The summed E-state index contributed by atoms with van der Waals surface area (Å²) in [6.45, 7) is 1.38. The zero-order valence-corrected chi connectivity index (χ0v) is 15.6. The van der Waals surface area contributed by atoms with Crippen LogP contribution in [-0.2, 0) is 20.9 Å². The van der Waals surface area contributed by atoms with E-state index in [1.165, 1.54) is 0 Å². The number of methoxy groups -OCH3 is 1. The highest BCUT2D eigenvalue weighted by Gasteiger charge is 2.56. The normalized spacial score (nSPS) is 22.8. The van der Waals surface area contributed by atoms with E-state index < -0.39 is 17.5 Å². The molecule has 0 bridgehead atoms. The first-order valence-electron chi connectivity index (χ1n) is 7.97. The number of imide groups is 1. The second-order valence-corrected chi connectivity index (χ2v) is 7.28. The number of hydrogen-bond acceptors (Lipinski definition) is 5. The Labute approximate surface area is 153 Å². The van der Waals surface area contributed by atoms with Gasteiger partial charge < -0.3 is 14.8 Å². The topological polar surface area (TPSA) is 84.9 Å². The second kappa shape index (κ2) is 6.67. The standard InChI is InChI=1S/C17H19BrN2O5/c1-17(11-4-5-11)15(22)20(16(23)19-17)8-14(21)25-9-10-3-6-13(24-2)12(18)7-10/h3,6-7,11H,4-5,8-9H2,1-2H3,(H,19,23)/t17-/m0/s1. The minimum absolute atomic E-state index is 0.0466. The molecule has 1 saturated carbocycles. The maximum absolute atomic E-state index is 12.5. The van der Waals surface area contributed by atoms with Crippen LogP contribution in [0.4, 0.5) is 4.79 Å². The molecule has 0 radical (unpaired) electrons. The number of halogens is 1. The van der Waals surface area contributed by atoms with Gasteiger partial charge in [-0.1, -0.05) is 6.07 Å². The fourth-order valence-corrected chi connectivity index (χ4v) is 3.52. The average molecular weight is 411 g/mol. The van der Waals surface area contributed by atoms with Crippen molar-refractivity contribution in [1.29, 1.82) is 0 Å². The number of benzene rings is 1. The first kappa shape index (κ1) is 17.7. The van der Waals surface area contributed by atoms with Crippen molar-refractivity contribution in [2.24, 2.45) is 5.92 Å². The smallest absolute Gasteiger partial charge is 0.326 e. The molecule has 7 nitrogen and oxygen atoms in total. The predicted octanol–water partition coefficient (Wildman–Crippen LogP) is 2.22. The number of ether oxygens (including phenoxy) is 2. The zero-order chi connectivity index (χ0) is 18.2. The molecule has 3 amide bonds. The fourth-order valence-electron chi connectivity index (χ4n) is 2.93. The summed E-state index contributed by atoms with van der Waals surface area (Å²) in [5.41, 5.74) is -0.126. The van der Waals surface area contributed by atoms with E-state index in [4.69, 9.17) is 9.47 Å². The summed E-state index contributed by atoms with van der Waals surface area (Å²) in [6.07, 6.45) is 1.82. The van der Waals surface area contributed by atoms with Gasteiger partial charge in [0.15, 0.2) is 0 Å². The molecule has 1 N–H and O–H groups in total. The number of esters is 1. The van der Waals surface area contributed by atoms with Crippen molar-refractivity contribution in [3.8, 4) is 5.75 Å². The Kier molecular flexibility index (Phi) is 4.73. The molecule has 1 aliphatic heterocycles. The van der Waals surface area contributed by atoms with E-state index >= 15 is 0 Å². The highest BCUT2D eigenvalue weighted by Crippen LogP contribution is 2.42. The fraction of sp³-hybridized carbons (Fsp3) is 0.471. The van der Waals surface area contributed by atoms with Crippen molar-refractivity contribution in [2.75, 3.05) is 13.7 Å². The van der Waals surface area contributed by atoms with Crippen LogP contribution in [-0.4, -0.2) is 42.0 Å². The van der Waals surface area contributed by atoms with Gasteiger partial charge in [-0.3, -0.25) is 14.5 Å². The number of carbonyl (C=O) groups excluding carboxylic acids is 3. The molecule has 3 rings (SSSR count). The number of urea groups is 1. The molecule has 1 aromatic rings. The quantitative estimate of drug-likeness (QED) is 0.573. The maximum atomic E-state index is 12.5. The third kappa shape index (κ3) is 3.49. The molecular formula is C17H19BrN2O5. The van der Waals surface area contributed by atoms with Crippen LogP contribution in [0, 0.1) is 5.92 Å². The lowest BCUT2D eigenvalue weighted by Crippen LogP contribution is -2.46. The SMILES string of the molecule is COc1ccc(COC(=O)CN2C(=O)N[C@@](C)(C3CC3)C2=O)cc1Br. The second-order valence-electron chi connectivity index (χ2n) is 6.43. The van der Waals surface area contributed by atoms with Crippen LogP contribution in [0.25, 0.3) is 0 Å². The first-order valence-corrected chi connectivity index (χ1v) is 8.76. The number of amides is 3. The van der Waals surface area contributed by atoms with Crippen LogP contribution >= 0.6 is 15.9 Å². The van der Waals surface area contributed by atoms with Gasteiger partial charge in [0.1, 0.15) is 24.4 Å². The Morgan fingerprint density at radius 3 is 2.72 bits per heavy atom. The van der Waals surface area contributed by atoms with Gasteiger partial charge in [0.25, 0.3) is 5.91 Å². The maximum Gasteiger partial charge on any atom is 0.326 e. The Balaban J connectivity index is 1.57. The van der Waals surface area contributed by atoms with Crippen molar-refractivity contribution in [2.45, 2.75) is 31.9 Å². The average Bonchev–Trinajstić information content (AvgIpc) is 3.39. The summed E-state index contributed by atoms with van der Waals surface area (Å²) >= 11 is 3.36. The van der Waals surface area contributed by atoms with Crippen molar-refractivity contribution >= 4 is 33.8 Å².